The molecule has 0 unspecified atom stereocenters. The number of carbonyl (C=O) groups excluding carboxylic acids is 1. The number of carbonyl (C=O) groups is 1. The van der Waals surface area contributed by atoms with Gasteiger partial charge in [0.2, 0.25) is 5.91 Å². The number of aromatic nitrogens is 4. The van der Waals surface area contributed by atoms with E-state index < -0.39 is 0 Å². The third-order valence-corrected chi connectivity index (χ3v) is 9.15. The minimum atomic E-state index is -0.0936. The van der Waals surface area contributed by atoms with Crippen LogP contribution in [0.25, 0.3) is 31.7 Å². The van der Waals surface area contributed by atoms with Gasteiger partial charge in [0.25, 0.3) is 0 Å². The van der Waals surface area contributed by atoms with Gasteiger partial charge in [-0.05, 0) is 36.6 Å². The molecular weight excluding hydrogens is 503 g/mol. The normalized spacial score (nSPS) is 13.0. The zero-order valence-corrected chi connectivity index (χ0v) is 21.5. The number of thioether (sulfide) groups is 2. The van der Waals surface area contributed by atoms with Gasteiger partial charge in [0.05, 0.1) is 21.7 Å². The molecule has 0 saturated carbocycles. The van der Waals surface area contributed by atoms with E-state index in [0.29, 0.717) is 10.3 Å². The second-order valence-electron chi connectivity index (χ2n) is 7.79. The van der Waals surface area contributed by atoms with Gasteiger partial charge >= 0.3 is 0 Å². The fourth-order valence-electron chi connectivity index (χ4n) is 4.32. The molecule has 10 heteroatoms. The van der Waals surface area contributed by atoms with Gasteiger partial charge in [-0.25, -0.2) is 19.9 Å². The summed E-state index contributed by atoms with van der Waals surface area (Å²) in [6.07, 6.45) is 6.87. The molecule has 1 aromatic carbocycles. The molecule has 4 aromatic heterocycles. The maximum Gasteiger partial charge on any atom is 0.236 e. The molecule has 0 saturated heterocycles. The highest BCUT2D eigenvalue weighted by atomic mass is 32.2. The standard InChI is InChI=1S/C24H19N5OS4/c1-31-24-28-19-17-14-8-5-9-15(14)18(13-6-3-2-4-7-13)27-21(17)34-20(19)22(29-24)33-12-16(30)26-23-25-10-11-32-23/h2-4,6-7,10-11H,5,8-9,12H2,1H3,(H,25,26,30). The first kappa shape index (κ1) is 22.0. The summed E-state index contributed by atoms with van der Waals surface area (Å²) in [6.45, 7) is 0. The van der Waals surface area contributed by atoms with Crippen LogP contribution < -0.4 is 5.32 Å². The Labute approximate surface area is 212 Å². The number of nitrogens with one attached hydrogen (secondary N) is 1. The topological polar surface area (TPSA) is 80.7 Å². The van der Waals surface area contributed by atoms with Crippen molar-refractivity contribution in [1.29, 1.82) is 0 Å². The maximum absolute atomic E-state index is 12.5. The van der Waals surface area contributed by atoms with E-state index in [1.807, 2.05) is 17.7 Å². The average molecular weight is 522 g/mol. The van der Waals surface area contributed by atoms with Crippen molar-refractivity contribution < 1.29 is 4.79 Å². The van der Waals surface area contributed by atoms with Crippen LogP contribution in [0.4, 0.5) is 5.13 Å². The molecule has 1 aliphatic rings. The molecule has 0 bridgehead atoms. The number of thiazole rings is 1. The predicted molar refractivity (Wildman–Crippen MR) is 143 cm³/mol. The van der Waals surface area contributed by atoms with E-state index in [1.54, 1.807) is 17.5 Å². The second-order valence-corrected chi connectivity index (χ2v) is 11.4. The number of fused-ring (bicyclic) bond motifs is 5. The Balaban J connectivity index is 1.45. The Bertz CT molecular complexity index is 1520. The number of pyridine rings is 1. The first-order chi connectivity index (χ1) is 16.7. The Hall–Kier alpha value is -2.53. The van der Waals surface area contributed by atoms with E-state index in [9.17, 15) is 4.79 Å². The Morgan fingerprint density at radius 1 is 1.12 bits per heavy atom. The minimum Gasteiger partial charge on any atom is -0.301 e. The van der Waals surface area contributed by atoms with Crippen LogP contribution >= 0.6 is 46.2 Å². The van der Waals surface area contributed by atoms with Gasteiger partial charge in [0, 0.05) is 22.5 Å². The Morgan fingerprint density at radius 3 is 2.76 bits per heavy atom. The molecule has 6 nitrogen and oxygen atoms in total. The van der Waals surface area contributed by atoms with E-state index in [0.717, 1.165) is 50.6 Å². The van der Waals surface area contributed by atoms with Crippen LogP contribution in [-0.4, -0.2) is 37.9 Å². The molecule has 0 atom stereocenters. The van der Waals surface area contributed by atoms with Gasteiger partial charge in [-0.3, -0.25) is 4.79 Å². The van der Waals surface area contributed by atoms with Crippen LogP contribution in [0.1, 0.15) is 17.5 Å². The number of benzene rings is 1. The zero-order chi connectivity index (χ0) is 23.1. The third-order valence-electron chi connectivity index (χ3n) is 5.73. The van der Waals surface area contributed by atoms with Crippen molar-refractivity contribution >= 4 is 77.7 Å². The van der Waals surface area contributed by atoms with Gasteiger partial charge in [-0.2, -0.15) is 0 Å². The molecule has 0 aliphatic heterocycles. The van der Waals surface area contributed by atoms with Crippen molar-refractivity contribution in [1.82, 2.24) is 19.9 Å². The quantitative estimate of drug-likeness (QED) is 0.159. The number of anilines is 1. The van der Waals surface area contributed by atoms with E-state index in [4.69, 9.17) is 15.0 Å². The third kappa shape index (κ3) is 3.98. The monoisotopic (exact) mass is 521 g/mol. The number of hydrogen-bond donors (Lipinski definition) is 1. The molecule has 0 spiro atoms. The fraction of sp³-hybridized carbons (Fsp3) is 0.208. The highest BCUT2D eigenvalue weighted by Gasteiger charge is 2.25. The molecule has 0 fully saturated rings. The summed E-state index contributed by atoms with van der Waals surface area (Å²) in [5.41, 5.74) is 5.93. The highest BCUT2D eigenvalue weighted by molar-refractivity contribution is 8.00. The lowest BCUT2D eigenvalue weighted by molar-refractivity contribution is -0.113. The smallest absolute Gasteiger partial charge is 0.236 e. The lowest BCUT2D eigenvalue weighted by Crippen LogP contribution is -2.13. The van der Waals surface area contributed by atoms with Crippen LogP contribution in [0.5, 0.6) is 0 Å². The molecule has 5 aromatic rings. The van der Waals surface area contributed by atoms with E-state index in [2.05, 4.69) is 34.6 Å². The van der Waals surface area contributed by atoms with Crippen molar-refractivity contribution in [2.24, 2.45) is 0 Å². The molecule has 0 radical (unpaired) electrons. The molecule has 1 amide bonds. The number of nitrogens with zero attached hydrogens (tertiary/aromatic N) is 4. The van der Waals surface area contributed by atoms with Crippen LogP contribution in [-0.2, 0) is 17.6 Å². The van der Waals surface area contributed by atoms with E-state index >= 15 is 0 Å². The second kappa shape index (κ2) is 9.26. The van der Waals surface area contributed by atoms with Crippen molar-refractivity contribution in [2.45, 2.75) is 29.4 Å². The molecule has 4 heterocycles. The number of amides is 1. The molecular formula is C24H19N5OS4. The predicted octanol–water partition coefficient (Wildman–Crippen LogP) is 6.30. The number of thiophene rings is 1. The van der Waals surface area contributed by atoms with E-state index in [1.165, 1.54) is 51.4 Å². The van der Waals surface area contributed by atoms with Crippen LogP contribution in [0, 0.1) is 0 Å². The lowest BCUT2D eigenvalue weighted by atomic mass is 10.0. The summed E-state index contributed by atoms with van der Waals surface area (Å²) in [5.74, 6) is 0.165. The molecule has 6 rings (SSSR count). The van der Waals surface area contributed by atoms with Gasteiger partial charge in [-0.1, -0.05) is 53.9 Å². The first-order valence-electron chi connectivity index (χ1n) is 10.8. The first-order valence-corrected chi connectivity index (χ1v) is 14.7. The largest absolute Gasteiger partial charge is 0.301 e. The van der Waals surface area contributed by atoms with Crippen molar-refractivity contribution in [2.75, 3.05) is 17.3 Å². The molecule has 170 valence electrons. The molecule has 1 N–H and O–H groups in total. The van der Waals surface area contributed by atoms with Crippen LogP contribution in [0.3, 0.4) is 0 Å². The molecule has 1 aliphatic carbocycles. The number of rotatable bonds is 6. The fourth-order valence-corrected chi connectivity index (χ4v) is 7.34. The highest BCUT2D eigenvalue weighted by Crippen LogP contribution is 2.44. The summed E-state index contributed by atoms with van der Waals surface area (Å²) < 4.78 is 1.01. The number of hydrogen-bond acceptors (Lipinski definition) is 9. The summed E-state index contributed by atoms with van der Waals surface area (Å²) in [7, 11) is 0. The molecule has 34 heavy (non-hydrogen) atoms. The minimum absolute atomic E-state index is 0.0936. The summed E-state index contributed by atoms with van der Waals surface area (Å²) in [6, 6.07) is 10.4. The summed E-state index contributed by atoms with van der Waals surface area (Å²) >= 11 is 6.00. The maximum atomic E-state index is 12.5. The van der Waals surface area contributed by atoms with E-state index in [-0.39, 0.29) is 11.7 Å². The van der Waals surface area contributed by atoms with Crippen LogP contribution in [0.15, 0.2) is 52.1 Å². The van der Waals surface area contributed by atoms with Crippen molar-refractivity contribution in [3.8, 4) is 11.3 Å². The van der Waals surface area contributed by atoms with Gasteiger partial charge in [0.1, 0.15) is 9.86 Å². The van der Waals surface area contributed by atoms with Crippen LogP contribution in [0.2, 0.25) is 0 Å². The zero-order valence-electron chi connectivity index (χ0n) is 18.2. The Kier molecular flexibility index (Phi) is 5.98. The average Bonchev–Trinajstić information content (AvgIpc) is 3.61. The summed E-state index contributed by atoms with van der Waals surface area (Å²) in [5, 5.41) is 8.01. The van der Waals surface area contributed by atoms with Crippen molar-refractivity contribution in [3.63, 3.8) is 0 Å². The number of aryl methyl sites for hydroxylation is 1. The van der Waals surface area contributed by atoms with Gasteiger partial charge in [0.15, 0.2) is 10.3 Å². The lowest BCUT2D eigenvalue weighted by Gasteiger charge is -2.09. The Morgan fingerprint density at radius 2 is 1.97 bits per heavy atom. The SMILES string of the molecule is CSc1nc(SCC(=O)Nc2nccs2)c2sc3nc(-c4ccccc4)c4c(c3c2n1)CCC4. The summed E-state index contributed by atoms with van der Waals surface area (Å²) in [4.78, 5) is 32.4. The van der Waals surface area contributed by atoms with Gasteiger partial charge in [-0.15, -0.1) is 22.7 Å². The van der Waals surface area contributed by atoms with Gasteiger partial charge < -0.3 is 5.32 Å². The van der Waals surface area contributed by atoms with Crippen molar-refractivity contribution in [3.05, 3.63) is 53.0 Å².